The van der Waals surface area contributed by atoms with Crippen LogP contribution in [0.3, 0.4) is 0 Å². The second-order valence-corrected chi connectivity index (χ2v) is 5.75. The number of aromatic nitrogens is 2. The van der Waals surface area contributed by atoms with Crippen LogP contribution in [-0.2, 0) is 6.54 Å². The zero-order chi connectivity index (χ0) is 13.1. The van der Waals surface area contributed by atoms with Crippen molar-refractivity contribution in [3.8, 4) is 12.3 Å². The Balaban J connectivity index is 2.94. The van der Waals surface area contributed by atoms with Crippen molar-refractivity contribution in [1.82, 2.24) is 9.78 Å². The maximum absolute atomic E-state index is 11.8. The molecule has 0 aliphatic carbocycles. The first-order valence-corrected chi connectivity index (χ1v) is 6.07. The van der Waals surface area contributed by atoms with E-state index in [9.17, 15) is 4.79 Å². The van der Waals surface area contributed by atoms with Crippen LogP contribution in [0.1, 0.15) is 20.8 Å². The van der Waals surface area contributed by atoms with Gasteiger partial charge >= 0.3 is 0 Å². The summed E-state index contributed by atoms with van der Waals surface area (Å²) in [5.41, 5.74) is 0.604. The molecule has 5 heteroatoms. The van der Waals surface area contributed by atoms with Crippen LogP contribution in [0.2, 0.25) is 0 Å². The Morgan fingerprint density at radius 3 is 2.76 bits per heavy atom. The number of hydrogen-bond donors (Lipinski definition) is 1. The average Bonchev–Trinajstić information content (AvgIpc) is 2.23. The van der Waals surface area contributed by atoms with Crippen LogP contribution in [0.25, 0.3) is 0 Å². The molecular formula is C12H16BrN3O. The lowest BCUT2D eigenvalue weighted by Crippen LogP contribution is -2.26. The molecule has 0 saturated heterocycles. The van der Waals surface area contributed by atoms with E-state index in [0.29, 0.717) is 10.2 Å². The zero-order valence-corrected chi connectivity index (χ0v) is 11.8. The lowest BCUT2D eigenvalue weighted by atomic mass is 9.97. The minimum atomic E-state index is -0.221. The Labute approximate surface area is 110 Å². The summed E-state index contributed by atoms with van der Waals surface area (Å²) < 4.78 is 1.71. The van der Waals surface area contributed by atoms with Gasteiger partial charge in [0.25, 0.3) is 5.56 Å². The molecule has 0 spiro atoms. The van der Waals surface area contributed by atoms with Crippen molar-refractivity contribution in [1.29, 1.82) is 0 Å². The number of halogens is 1. The fraction of sp³-hybridized carbons (Fsp3) is 0.500. The van der Waals surface area contributed by atoms with Gasteiger partial charge in [-0.3, -0.25) is 4.79 Å². The van der Waals surface area contributed by atoms with Gasteiger partial charge in [0.05, 0.1) is 11.9 Å². The topological polar surface area (TPSA) is 46.9 Å². The monoisotopic (exact) mass is 297 g/mol. The number of terminal acetylenes is 1. The first kappa shape index (κ1) is 13.8. The fourth-order valence-electron chi connectivity index (χ4n) is 1.15. The highest BCUT2D eigenvalue weighted by atomic mass is 79.9. The van der Waals surface area contributed by atoms with Crippen LogP contribution >= 0.6 is 15.9 Å². The van der Waals surface area contributed by atoms with Gasteiger partial charge in [-0.1, -0.05) is 26.7 Å². The first-order valence-electron chi connectivity index (χ1n) is 5.28. The third kappa shape index (κ3) is 3.90. The van der Waals surface area contributed by atoms with E-state index in [0.717, 1.165) is 6.54 Å². The summed E-state index contributed by atoms with van der Waals surface area (Å²) in [6.45, 7) is 7.27. The average molecular weight is 298 g/mol. The summed E-state index contributed by atoms with van der Waals surface area (Å²) in [7, 11) is 0. The van der Waals surface area contributed by atoms with E-state index in [2.05, 4.69) is 53.0 Å². The van der Waals surface area contributed by atoms with Crippen LogP contribution in [0, 0.1) is 17.8 Å². The standard InChI is InChI=1S/C12H16BrN3O/c1-5-6-16-11(17)10(13)9(7-15-16)14-8-12(2,3)4/h1,7,14H,6,8H2,2-4H3. The zero-order valence-electron chi connectivity index (χ0n) is 10.2. The van der Waals surface area contributed by atoms with Gasteiger partial charge in [-0.15, -0.1) is 6.42 Å². The summed E-state index contributed by atoms with van der Waals surface area (Å²) in [6.07, 6.45) is 6.76. The lowest BCUT2D eigenvalue weighted by Gasteiger charge is -2.20. The Kier molecular flexibility index (Phi) is 4.35. The van der Waals surface area contributed by atoms with Crippen molar-refractivity contribution in [2.45, 2.75) is 27.3 Å². The second-order valence-electron chi connectivity index (χ2n) is 4.95. The predicted molar refractivity (Wildman–Crippen MR) is 73.0 cm³/mol. The van der Waals surface area contributed by atoms with Crippen LogP contribution in [0.5, 0.6) is 0 Å². The van der Waals surface area contributed by atoms with Gasteiger partial charge in [0.15, 0.2) is 0 Å². The van der Waals surface area contributed by atoms with Crippen LogP contribution < -0.4 is 10.9 Å². The highest BCUT2D eigenvalue weighted by molar-refractivity contribution is 9.10. The minimum Gasteiger partial charge on any atom is -0.382 e. The number of nitrogens with zero attached hydrogens (tertiary/aromatic N) is 2. The SMILES string of the molecule is C#CCn1ncc(NCC(C)(C)C)c(Br)c1=O. The van der Waals surface area contributed by atoms with Crippen molar-refractivity contribution in [3.05, 3.63) is 21.0 Å². The molecule has 1 aromatic rings. The summed E-state index contributed by atoms with van der Waals surface area (Å²) in [5.74, 6) is 2.39. The Hall–Kier alpha value is -1.28. The normalized spacial score (nSPS) is 11.0. The van der Waals surface area contributed by atoms with Crippen molar-refractivity contribution in [3.63, 3.8) is 0 Å². The van der Waals surface area contributed by atoms with E-state index >= 15 is 0 Å². The molecule has 92 valence electrons. The van der Waals surface area contributed by atoms with E-state index in [4.69, 9.17) is 6.42 Å². The summed E-state index contributed by atoms with van der Waals surface area (Å²) in [6, 6.07) is 0. The van der Waals surface area contributed by atoms with Crippen molar-refractivity contribution < 1.29 is 0 Å². The number of rotatable bonds is 3. The molecule has 17 heavy (non-hydrogen) atoms. The molecule has 0 saturated carbocycles. The Morgan fingerprint density at radius 1 is 1.59 bits per heavy atom. The van der Waals surface area contributed by atoms with Gasteiger partial charge in [0.1, 0.15) is 11.0 Å². The lowest BCUT2D eigenvalue weighted by molar-refractivity contribution is 0.442. The molecule has 4 nitrogen and oxygen atoms in total. The van der Waals surface area contributed by atoms with Crippen LogP contribution in [-0.4, -0.2) is 16.3 Å². The number of hydrogen-bond acceptors (Lipinski definition) is 3. The molecule has 0 bridgehead atoms. The molecule has 0 unspecified atom stereocenters. The molecule has 1 N–H and O–H groups in total. The molecule has 0 fully saturated rings. The highest BCUT2D eigenvalue weighted by Crippen LogP contribution is 2.19. The number of anilines is 1. The van der Waals surface area contributed by atoms with E-state index < -0.39 is 0 Å². The molecular weight excluding hydrogens is 282 g/mol. The highest BCUT2D eigenvalue weighted by Gasteiger charge is 2.13. The van der Waals surface area contributed by atoms with E-state index in [1.165, 1.54) is 4.68 Å². The first-order chi connectivity index (χ1) is 7.85. The summed E-state index contributed by atoms with van der Waals surface area (Å²) >= 11 is 3.26. The quantitative estimate of drug-likeness (QED) is 0.869. The molecule has 0 aliphatic rings. The fourth-order valence-corrected chi connectivity index (χ4v) is 1.60. The molecule has 0 radical (unpaired) electrons. The van der Waals surface area contributed by atoms with Crippen molar-refractivity contribution in [2.24, 2.45) is 5.41 Å². The van der Waals surface area contributed by atoms with Gasteiger partial charge in [-0.2, -0.15) is 5.10 Å². The largest absolute Gasteiger partial charge is 0.382 e. The molecule has 0 aromatic carbocycles. The van der Waals surface area contributed by atoms with Crippen LogP contribution in [0.4, 0.5) is 5.69 Å². The maximum atomic E-state index is 11.8. The van der Waals surface area contributed by atoms with E-state index in [1.807, 2.05) is 0 Å². The van der Waals surface area contributed by atoms with Crippen molar-refractivity contribution >= 4 is 21.6 Å². The summed E-state index contributed by atoms with van der Waals surface area (Å²) in [4.78, 5) is 11.8. The van der Waals surface area contributed by atoms with Gasteiger partial charge < -0.3 is 5.32 Å². The van der Waals surface area contributed by atoms with Crippen LogP contribution in [0.15, 0.2) is 15.5 Å². The smallest absolute Gasteiger partial charge is 0.284 e. The van der Waals surface area contributed by atoms with Gasteiger partial charge in [0.2, 0.25) is 0 Å². The van der Waals surface area contributed by atoms with Gasteiger partial charge in [0, 0.05) is 6.54 Å². The Morgan fingerprint density at radius 2 is 2.24 bits per heavy atom. The molecule has 1 heterocycles. The third-order valence-electron chi connectivity index (χ3n) is 2.04. The third-order valence-corrected chi connectivity index (χ3v) is 2.80. The minimum absolute atomic E-state index is 0.132. The van der Waals surface area contributed by atoms with Gasteiger partial charge in [-0.25, -0.2) is 4.68 Å². The molecule has 0 atom stereocenters. The van der Waals surface area contributed by atoms with Crippen molar-refractivity contribution in [2.75, 3.05) is 11.9 Å². The molecule has 0 aliphatic heterocycles. The molecule has 1 aromatic heterocycles. The summed E-state index contributed by atoms with van der Waals surface area (Å²) in [5, 5.41) is 7.19. The van der Waals surface area contributed by atoms with Gasteiger partial charge in [-0.05, 0) is 21.3 Å². The molecule has 0 amide bonds. The number of nitrogens with one attached hydrogen (secondary N) is 1. The van der Waals surface area contributed by atoms with E-state index in [1.54, 1.807) is 6.20 Å². The van der Waals surface area contributed by atoms with E-state index in [-0.39, 0.29) is 17.5 Å². The Bertz CT molecular complexity index is 494. The molecule has 1 rings (SSSR count). The predicted octanol–water partition coefficient (Wildman–Crippen LogP) is 2.10. The maximum Gasteiger partial charge on any atom is 0.284 e. The second kappa shape index (κ2) is 5.37.